The lowest BCUT2D eigenvalue weighted by Crippen LogP contribution is -2.37. The summed E-state index contributed by atoms with van der Waals surface area (Å²) in [6, 6.07) is 3.54. The second kappa shape index (κ2) is 6.52. The smallest absolute Gasteiger partial charge is 0.341 e. The molecule has 104 valence electrons. The third-order valence-corrected chi connectivity index (χ3v) is 3.53. The monoisotopic (exact) mass is 263 g/mol. The molecule has 0 amide bonds. The number of nitrogens with two attached hydrogens (primary N) is 1. The summed E-state index contributed by atoms with van der Waals surface area (Å²) in [5, 5.41) is 0. The van der Waals surface area contributed by atoms with Crippen LogP contribution in [0.1, 0.15) is 30.1 Å². The minimum absolute atomic E-state index is 0.299. The van der Waals surface area contributed by atoms with Crippen LogP contribution >= 0.6 is 0 Å². The highest BCUT2D eigenvalue weighted by Gasteiger charge is 2.23. The van der Waals surface area contributed by atoms with E-state index >= 15 is 0 Å². The van der Waals surface area contributed by atoms with E-state index < -0.39 is 0 Å². The number of pyridine rings is 1. The highest BCUT2D eigenvalue weighted by molar-refractivity contribution is 5.94. The van der Waals surface area contributed by atoms with Gasteiger partial charge in [-0.25, -0.2) is 9.78 Å². The van der Waals surface area contributed by atoms with Gasteiger partial charge >= 0.3 is 5.97 Å². The number of ether oxygens (including phenoxy) is 1. The van der Waals surface area contributed by atoms with E-state index in [1.54, 1.807) is 25.3 Å². The second-order valence-electron chi connectivity index (χ2n) is 4.76. The van der Waals surface area contributed by atoms with Crippen molar-refractivity contribution >= 4 is 11.8 Å². The van der Waals surface area contributed by atoms with Crippen LogP contribution in [0.2, 0.25) is 0 Å². The molecule has 0 unspecified atom stereocenters. The molecule has 0 aliphatic carbocycles. The predicted octanol–water partition coefficient (Wildman–Crippen LogP) is 1.43. The number of piperidine rings is 1. The van der Waals surface area contributed by atoms with Crippen molar-refractivity contribution in [3.8, 4) is 0 Å². The van der Waals surface area contributed by atoms with Gasteiger partial charge in [0.25, 0.3) is 0 Å². The van der Waals surface area contributed by atoms with Gasteiger partial charge in [-0.3, -0.25) is 0 Å². The minimum Gasteiger partial charge on any atom is -0.462 e. The lowest BCUT2D eigenvalue weighted by atomic mass is 9.97. The standard InChI is InChI=1S/C14H21N3O2/c1-2-19-14(18)12-4-3-7-16-13(12)17-8-5-11(10-15)6-9-17/h3-4,7,11H,2,5-6,8-10,15H2,1H3. The summed E-state index contributed by atoms with van der Waals surface area (Å²) in [6.07, 6.45) is 3.82. The fraction of sp³-hybridized carbons (Fsp3) is 0.571. The average molecular weight is 263 g/mol. The molecule has 1 fully saturated rings. The molecule has 2 N–H and O–H groups in total. The Kier molecular flexibility index (Phi) is 4.74. The van der Waals surface area contributed by atoms with E-state index in [2.05, 4.69) is 9.88 Å². The molecule has 1 aromatic heterocycles. The average Bonchev–Trinajstić information content (AvgIpc) is 2.47. The molecule has 19 heavy (non-hydrogen) atoms. The summed E-state index contributed by atoms with van der Waals surface area (Å²) in [7, 11) is 0. The van der Waals surface area contributed by atoms with Crippen molar-refractivity contribution in [3.63, 3.8) is 0 Å². The molecular formula is C14H21N3O2. The lowest BCUT2D eigenvalue weighted by Gasteiger charge is -2.33. The first-order chi connectivity index (χ1) is 9.26. The van der Waals surface area contributed by atoms with Crippen molar-refractivity contribution in [2.24, 2.45) is 11.7 Å². The number of hydrogen-bond donors (Lipinski definition) is 1. The summed E-state index contributed by atoms with van der Waals surface area (Å²) >= 11 is 0. The van der Waals surface area contributed by atoms with Crippen LogP contribution < -0.4 is 10.6 Å². The molecule has 1 saturated heterocycles. The van der Waals surface area contributed by atoms with Crippen LogP contribution in [-0.4, -0.2) is 37.2 Å². The minimum atomic E-state index is -0.299. The number of carbonyl (C=O) groups is 1. The molecule has 1 aromatic rings. The van der Waals surface area contributed by atoms with Gasteiger partial charge in [0, 0.05) is 19.3 Å². The largest absolute Gasteiger partial charge is 0.462 e. The van der Waals surface area contributed by atoms with Crippen LogP contribution in [0.5, 0.6) is 0 Å². The Morgan fingerprint density at radius 1 is 1.53 bits per heavy atom. The third-order valence-electron chi connectivity index (χ3n) is 3.53. The summed E-state index contributed by atoms with van der Waals surface area (Å²) in [6.45, 7) is 4.71. The zero-order valence-corrected chi connectivity index (χ0v) is 11.3. The Labute approximate surface area is 113 Å². The van der Waals surface area contributed by atoms with E-state index in [1.165, 1.54) is 0 Å². The summed E-state index contributed by atoms with van der Waals surface area (Å²) in [4.78, 5) is 18.4. The Hall–Kier alpha value is -1.62. The molecule has 1 aliphatic rings. The van der Waals surface area contributed by atoms with E-state index in [0.29, 0.717) is 18.1 Å². The molecule has 0 bridgehead atoms. The quantitative estimate of drug-likeness (QED) is 0.832. The Morgan fingerprint density at radius 3 is 2.89 bits per heavy atom. The first-order valence-corrected chi connectivity index (χ1v) is 6.83. The highest BCUT2D eigenvalue weighted by atomic mass is 16.5. The van der Waals surface area contributed by atoms with E-state index in [-0.39, 0.29) is 5.97 Å². The second-order valence-corrected chi connectivity index (χ2v) is 4.76. The first kappa shape index (κ1) is 13.8. The fourth-order valence-corrected chi connectivity index (χ4v) is 2.40. The third kappa shape index (κ3) is 3.23. The Morgan fingerprint density at radius 2 is 2.26 bits per heavy atom. The summed E-state index contributed by atoms with van der Waals surface area (Å²) < 4.78 is 5.08. The summed E-state index contributed by atoms with van der Waals surface area (Å²) in [5.74, 6) is 1.02. The molecule has 0 aromatic carbocycles. The van der Waals surface area contributed by atoms with Gasteiger partial charge in [-0.15, -0.1) is 0 Å². The van der Waals surface area contributed by atoms with Gasteiger partial charge < -0.3 is 15.4 Å². The number of hydrogen-bond acceptors (Lipinski definition) is 5. The Bertz CT molecular complexity index is 428. The number of aromatic nitrogens is 1. The molecule has 0 atom stereocenters. The Balaban J connectivity index is 2.14. The first-order valence-electron chi connectivity index (χ1n) is 6.83. The van der Waals surface area contributed by atoms with Crippen molar-refractivity contribution < 1.29 is 9.53 Å². The molecule has 5 nitrogen and oxygen atoms in total. The van der Waals surface area contributed by atoms with Gasteiger partial charge in [0.1, 0.15) is 11.4 Å². The number of esters is 1. The van der Waals surface area contributed by atoms with Crippen molar-refractivity contribution in [2.75, 3.05) is 31.1 Å². The molecule has 1 aliphatic heterocycles. The normalized spacial score (nSPS) is 16.4. The molecule has 0 spiro atoms. The molecule has 0 radical (unpaired) electrons. The van der Waals surface area contributed by atoms with Crippen LogP contribution in [0.25, 0.3) is 0 Å². The van der Waals surface area contributed by atoms with Crippen LogP contribution in [-0.2, 0) is 4.74 Å². The van der Waals surface area contributed by atoms with E-state index in [4.69, 9.17) is 10.5 Å². The predicted molar refractivity (Wildman–Crippen MR) is 74.2 cm³/mol. The SMILES string of the molecule is CCOC(=O)c1cccnc1N1CCC(CN)CC1. The van der Waals surface area contributed by atoms with Crippen molar-refractivity contribution in [1.29, 1.82) is 0 Å². The molecule has 2 heterocycles. The maximum Gasteiger partial charge on any atom is 0.341 e. The van der Waals surface area contributed by atoms with Crippen LogP contribution in [0, 0.1) is 5.92 Å². The lowest BCUT2D eigenvalue weighted by molar-refractivity contribution is 0.0526. The van der Waals surface area contributed by atoms with Crippen LogP contribution in [0.4, 0.5) is 5.82 Å². The molecule has 5 heteroatoms. The number of anilines is 1. The zero-order chi connectivity index (χ0) is 13.7. The molecule has 2 rings (SSSR count). The van der Waals surface area contributed by atoms with Crippen LogP contribution in [0.15, 0.2) is 18.3 Å². The summed E-state index contributed by atoms with van der Waals surface area (Å²) in [5.41, 5.74) is 6.25. The van der Waals surface area contributed by atoms with E-state index in [9.17, 15) is 4.79 Å². The van der Waals surface area contributed by atoms with Gasteiger partial charge in [0.2, 0.25) is 0 Å². The molecule has 0 saturated carbocycles. The number of carbonyl (C=O) groups excluding carboxylic acids is 1. The van der Waals surface area contributed by atoms with Gasteiger partial charge in [-0.05, 0) is 44.4 Å². The van der Waals surface area contributed by atoms with Gasteiger partial charge in [0.05, 0.1) is 6.61 Å². The van der Waals surface area contributed by atoms with E-state index in [1.807, 2.05) is 0 Å². The molecular weight excluding hydrogens is 242 g/mol. The maximum atomic E-state index is 11.9. The van der Waals surface area contributed by atoms with Crippen molar-refractivity contribution in [1.82, 2.24) is 4.98 Å². The van der Waals surface area contributed by atoms with Gasteiger partial charge in [-0.1, -0.05) is 0 Å². The highest BCUT2D eigenvalue weighted by Crippen LogP contribution is 2.24. The number of rotatable bonds is 4. The van der Waals surface area contributed by atoms with Gasteiger partial charge in [-0.2, -0.15) is 0 Å². The number of nitrogens with zero attached hydrogens (tertiary/aromatic N) is 2. The maximum absolute atomic E-state index is 11.9. The topological polar surface area (TPSA) is 68.5 Å². The van der Waals surface area contributed by atoms with Gasteiger partial charge in [0.15, 0.2) is 0 Å². The van der Waals surface area contributed by atoms with Crippen LogP contribution in [0.3, 0.4) is 0 Å². The fourth-order valence-electron chi connectivity index (χ4n) is 2.40. The zero-order valence-electron chi connectivity index (χ0n) is 11.3. The van der Waals surface area contributed by atoms with E-state index in [0.717, 1.165) is 38.3 Å². The van der Waals surface area contributed by atoms with Crippen molar-refractivity contribution in [2.45, 2.75) is 19.8 Å². The van der Waals surface area contributed by atoms with Crippen molar-refractivity contribution in [3.05, 3.63) is 23.9 Å².